The number of hydrogen-bond acceptors (Lipinski definition) is 3. The maximum Gasteiger partial charge on any atom is 0.416 e. The second-order valence-electron chi connectivity index (χ2n) is 5.99. The summed E-state index contributed by atoms with van der Waals surface area (Å²) in [6.45, 7) is 2.18. The highest BCUT2D eigenvalue weighted by Crippen LogP contribution is 2.31. The molecule has 0 aliphatic carbocycles. The number of aryl methyl sites for hydroxylation is 1. The van der Waals surface area contributed by atoms with E-state index in [2.05, 4.69) is 4.98 Å². The number of rotatable bonds is 5. The molecule has 1 aromatic heterocycles. The summed E-state index contributed by atoms with van der Waals surface area (Å²) in [6.07, 6.45) is -4.35. The zero-order valence-corrected chi connectivity index (χ0v) is 14.9. The van der Waals surface area contributed by atoms with E-state index in [1.165, 1.54) is 12.1 Å². The molecule has 3 aromatic rings. The first-order valence-electron chi connectivity index (χ1n) is 8.28. The number of benzene rings is 2. The number of ether oxygens (including phenoxy) is 2. The van der Waals surface area contributed by atoms with E-state index in [1.54, 1.807) is 26.2 Å². The minimum atomic E-state index is -4.35. The highest BCUT2D eigenvalue weighted by molar-refractivity contribution is 5.60. The molecule has 140 valence electrons. The van der Waals surface area contributed by atoms with E-state index < -0.39 is 11.7 Å². The third-order valence-corrected chi connectivity index (χ3v) is 4.10. The predicted molar refractivity (Wildman–Crippen MR) is 96.7 cm³/mol. The minimum absolute atomic E-state index is 0.381. The second kappa shape index (κ2) is 7.70. The van der Waals surface area contributed by atoms with E-state index in [0.717, 1.165) is 23.4 Å². The molecule has 0 amide bonds. The maximum absolute atomic E-state index is 12.7. The van der Waals surface area contributed by atoms with Crippen molar-refractivity contribution < 1.29 is 22.6 Å². The number of pyridine rings is 1. The van der Waals surface area contributed by atoms with E-state index >= 15 is 0 Å². The number of halogens is 3. The molecular formula is C21H18F3NO2. The van der Waals surface area contributed by atoms with Gasteiger partial charge in [-0.1, -0.05) is 24.3 Å². The molecule has 0 fully saturated rings. The Hall–Kier alpha value is -3.02. The van der Waals surface area contributed by atoms with Gasteiger partial charge in [0, 0.05) is 5.56 Å². The second-order valence-corrected chi connectivity index (χ2v) is 5.99. The van der Waals surface area contributed by atoms with Gasteiger partial charge in [0.2, 0.25) is 0 Å². The quantitative estimate of drug-likeness (QED) is 0.578. The molecule has 0 N–H and O–H groups in total. The van der Waals surface area contributed by atoms with Crippen LogP contribution in [0, 0.1) is 6.92 Å². The summed E-state index contributed by atoms with van der Waals surface area (Å²) in [6, 6.07) is 16.0. The fraction of sp³-hybridized carbons (Fsp3) is 0.190. The van der Waals surface area contributed by atoms with Crippen molar-refractivity contribution in [2.75, 3.05) is 7.11 Å². The lowest BCUT2D eigenvalue weighted by molar-refractivity contribution is -0.137. The Morgan fingerprint density at radius 2 is 1.56 bits per heavy atom. The van der Waals surface area contributed by atoms with Crippen LogP contribution in [-0.2, 0) is 12.8 Å². The summed E-state index contributed by atoms with van der Waals surface area (Å²) >= 11 is 0. The first kappa shape index (κ1) is 18.8. The van der Waals surface area contributed by atoms with Gasteiger partial charge in [-0.05, 0) is 48.9 Å². The lowest BCUT2D eigenvalue weighted by Crippen LogP contribution is -2.04. The molecule has 0 aliphatic heterocycles. The third kappa shape index (κ3) is 4.58. The van der Waals surface area contributed by atoms with Gasteiger partial charge in [0.05, 0.1) is 24.1 Å². The van der Waals surface area contributed by atoms with Crippen molar-refractivity contribution >= 4 is 0 Å². The molecule has 0 radical (unpaired) electrons. The Bertz CT molecular complexity index is 904. The normalized spacial score (nSPS) is 11.3. The summed E-state index contributed by atoms with van der Waals surface area (Å²) < 4.78 is 48.9. The van der Waals surface area contributed by atoms with Crippen LogP contribution in [0.15, 0.2) is 60.7 Å². The molecule has 3 rings (SSSR count). The molecule has 2 aromatic carbocycles. The minimum Gasteiger partial charge on any atom is -0.497 e. The third-order valence-electron chi connectivity index (χ3n) is 4.10. The van der Waals surface area contributed by atoms with Crippen LogP contribution in [0.25, 0.3) is 11.3 Å². The molecule has 0 unspecified atom stereocenters. The van der Waals surface area contributed by atoms with Crippen molar-refractivity contribution in [2.45, 2.75) is 19.7 Å². The van der Waals surface area contributed by atoms with E-state index in [-0.39, 0.29) is 0 Å². The summed E-state index contributed by atoms with van der Waals surface area (Å²) in [7, 11) is 1.61. The maximum atomic E-state index is 12.7. The van der Waals surface area contributed by atoms with E-state index in [4.69, 9.17) is 9.47 Å². The summed E-state index contributed by atoms with van der Waals surface area (Å²) in [4.78, 5) is 4.45. The Morgan fingerprint density at radius 3 is 2.11 bits per heavy atom. The van der Waals surface area contributed by atoms with Crippen LogP contribution in [0.1, 0.15) is 16.8 Å². The predicted octanol–water partition coefficient (Wildman–Crippen LogP) is 5.66. The van der Waals surface area contributed by atoms with Crippen molar-refractivity contribution in [3.05, 3.63) is 77.5 Å². The van der Waals surface area contributed by atoms with Gasteiger partial charge in [0.1, 0.15) is 18.1 Å². The summed E-state index contributed by atoms with van der Waals surface area (Å²) in [5, 5.41) is 0. The molecule has 0 spiro atoms. The van der Waals surface area contributed by atoms with Crippen LogP contribution in [0.2, 0.25) is 0 Å². The zero-order chi connectivity index (χ0) is 19.4. The molecule has 0 aliphatic rings. The molecular weight excluding hydrogens is 355 g/mol. The molecule has 0 bridgehead atoms. The van der Waals surface area contributed by atoms with Gasteiger partial charge < -0.3 is 9.47 Å². The molecule has 6 heteroatoms. The summed E-state index contributed by atoms with van der Waals surface area (Å²) in [5.41, 5.74) is 2.19. The number of methoxy groups -OCH3 is 1. The first-order valence-corrected chi connectivity index (χ1v) is 8.28. The fourth-order valence-electron chi connectivity index (χ4n) is 2.57. The zero-order valence-electron chi connectivity index (χ0n) is 14.9. The van der Waals surface area contributed by atoms with Gasteiger partial charge in [-0.25, -0.2) is 4.98 Å². The molecule has 0 atom stereocenters. The molecule has 27 heavy (non-hydrogen) atoms. The van der Waals surface area contributed by atoms with Gasteiger partial charge in [0.15, 0.2) is 0 Å². The van der Waals surface area contributed by atoms with E-state index in [0.29, 0.717) is 29.3 Å². The SMILES string of the molecule is COc1ccc(COc2ccc(-c3ccc(C(F)(F)F)cc3)nc2C)cc1. The van der Waals surface area contributed by atoms with Gasteiger partial charge in [-0.3, -0.25) is 0 Å². The van der Waals surface area contributed by atoms with Crippen LogP contribution in [-0.4, -0.2) is 12.1 Å². The van der Waals surface area contributed by atoms with Crippen LogP contribution >= 0.6 is 0 Å². The lowest BCUT2D eigenvalue weighted by atomic mass is 10.1. The van der Waals surface area contributed by atoms with Crippen molar-refractivity contribution in [1.29, 1.82) is 0 Å². The van der Waals surface area contributed by atoms with Crippen LogP contribution < -0.4 is 9.47 Å². The molecule has 0 saturated carbocycles. The number of aromatic nitrogens is 1. The molecule has 0 saturated heterocycles. The van der Waals surface area contributed by atoms with E-state index in [1.807, 2.05) is 24.3 Å². The standard InChI is InChI=1S/C21H18F3NO2/c1-14-20(27-13-15-3-9-18(26-2)10-4-15)12-11-19(25-14)16-5-7-17(8-6-16)21(22,23)24/h3-12H,13H2,1-2H3. The Kier molecular flexibility index (Phi) is 5.35. The topological polar surface area (TPSA) is 31.4 Å². The van der Waals surface area contributed by atoms with Gasteiger partial charge >= 0.3 is 6.18 Å². The van der Waals surface area contributed by atoms with Gasteiger partial charge in [0.25, 0.3) is 0 Å². The number of alkyl halides is 3. The average molecular weight is 373 g/mol. The van der Waals surface area contributed by atoms with Crippen molar-refractivity contribution in [1.82, 2.24) is 4.98 Å². The van der Waals surface area contributed by atoms with Crippen LogP contribution in [0.4, 0.5) is 13.2 Å². The lowest BCUT2D eigenvalue weighted by Gasteiger charge is -2.11. The fourth-order valence-corrected chi connectivity index (χ4v) is 2.57. The first-order chi connectivity index (χ1) is 12.9. The van der Waals surface area contributed by atoms with E-state index in [9.17, 15) is 13.2 Å². The molecule has 3 nitrogen and oxygen atoms in total. The molecule has 1 heterocycles. The Balaban J connectivity index is 1.71. The smallest absolute Gasteiger partial charge is 0.416 e. The Morgan fingerprint density at radius 1 is 0.889 bits per heavy atom. The van der Waals surface area contributed by atoms with Crippen molar-refractivity contribution in [3.63, 3.8) is 0 Å². The number of hydrogen-bond donors (Lipinski definition) is 0. The number of nitrogens with zero attached hydrogens (tertiary/aromatic N) is 1. The van der Waals surface area contributed by atoms with Crippen LogP contribution in [0.5, 0.6) is 11.5 Å². The van der Waals surface area contributed by atoms with Crippen LogP contribution in [0.3, 0.4) is 0 Å². The monoisotopic (exact) mass is 373 g/mol. The van der Waals surface area contributed by atoms with Crippen molar-refractivity contribution in [3.8, 4) is 22.8 Å². The van der Waals surface area contributed by atoms with Gasteiger partial charge in [-0.15, -0.1) is 0 Å². The van der Waals surface area contributed by atoms with Gasteiger partial charge in [-0.2, -0.15) is 13.2 Å². The average Bonchev–Trinajstić information content (AvgIpc) is 2.67. The summed E-state index contributed by atoms with van der Waals surface area (Å²) in [5.74, 6) is 1.40. The van der Waals surface area contributed by atoms with Crippen molar-refractivity contribution in [2.24, 2.45) is 0 Å². The Labute approximate surface area is 155 Å². The highest BCUT2D eigenvalue weighted by atomic mass is 19.4. The largest absolute Gasteiger partial charge is 0.497 e. The highest BCUT2D eigenvalue weighted by Gasteiger charge is 2.30.